The zero-order chi connectivity index (χ0) is 39.2. The van der Waals surface area contributed by atoms with Crippen molar-refractivity contribution < 1.29 is 45.8 Å². The van der Waals surface area contributed by atoms with Gasteiger partial charge in [-0.15, -0.1) is 0 Å². The van der Waals surface area contributed by atoms with Gasteiger partial charge in [-0.3, -0.25) is 19.1 Å². The summed E-state index contributed by atoms with van der Waals surface area (Å²) in [6.07, 6.45) is 3.63. The molecule has 3 amide bonds. The molecule has 1 aliphatic heterocycles. The van der Waals surface area contributed by atoms with Crippen molar-refractivity contribution in [1.82, 2.24) is 24.9 Å². The molecular weight excluding hydrogens is 750 g/mol. The molecule has 1 saturated heterocycles. The summed E-state index contributed by atoms with van der Waals surface area (Å²) in [6, 6.07) is 5.69. The van der Waals surface area contributed by atoms with E-state index in [0.29, 0.717) is 46.5 Å². The first-order chi connectivity index (χ1) is 25.4. The minimum absolute atomic E-state index is 0.000285. The number of methoxy groups -OCH3 is 1. The number of ether oxygens (including phenoxy) is 3. The minimum atomic E-state index is -3.89. The number of carbonyl (C=O) groups excluding carboxylic acids is 3. The third-order valence-electron chi connectivity index (χ3n) is 10.0. The second kappa shape index (κ2) is 15.0. The zero-order valence-corrected chi connectivity index (χ0v) is 32.0. The molecule has 3 N–H and O–H groups in total. The molecule has 14 nitrogen and oxygen atoms in total. The van der Waals surface area contributed by atoms with Crippen LogP contribution in [0.4, 0.5) is 14.5 Å². The number of pyridine rings is 2. The monoisotopic (exact) mass is 792 g/mol. The molecule has 6 rings (SSSR count). The second-order valence-electron chi connectivity index (χ2n) is 15.0. The summed E-state index contributed by atoms with van der Waals surface area (Å²) in [5.74, 6) is -1.88. The first-order valence-corrected chi connectivity index (χ1v) is 19.5. The van der Waals surface area contributed by atoms with Crippen LogP contribution in [0.3, 0.4) is 0 Å². The first-order valence-electron chi connectivity index (χ1n) is 17.6. The number of aromatic nitrogens is 2. The summed E-state index contributed by atoms with van der Waals surface area (Å²) in [6.45, 7) is 4.17. The van der Waals surface area contributed by atoms with Gasteiger partial charge in [-0.25, -0.2) is 18.4 Å². The Morgan fingerprint density at radius 1 is 1.09 bits per heavy atom. The minimum Gasteiger partial charge on any atom is -0.494 e. The van der Waals surface area contributed by atoms with Gasteiger partial charge in [0.15, 0.2) is 0 Å². The van der Waals surface area contributed by atoms with E-state index in [9.17, 15) is 31.6 Å². The maximum atomic E-state index is 14.6. The molecule has 2 saturated carbocycles. The summed E-state index contributed by atoms with van der Waals surface area (Å²) in [4.78, 5) is 52.2. The summed E-state index contributed by atoms with van der Waals surface area (Å²) in [5, 5.41) is 6.99. The normalized spacial score (nSPS) is 23.1. The van der Waals surface area contributed by atoms with Gasteiger partial charge in [0.05, 0.1) is 37.0 Å². The standard InChI is InChI=1S/C36H43ClF2N6O8S/c1-6-19-15-36(19,33(48)44-54(49,50)23-9-10-23)43-30(46)26-14-22(52-31-25-13-20(37)7-11-24(25)27(51-5)17-41-31)18-45(26)32(47)29(35(2,3)4)42-21-8-12-28(40-16-21)53-34(38)39/h7-8,11-13,16-17,19,22-23,26,29,34,42H,6,9-10,14-15,18H2,1-5H3,(H,43,46)(H,44,48)/t19-,22-,26+,29?,36-/m1/s1. The number of fused-ring (bicyclic) bond motifs is 1. The van der Waals surface area contributed by atoms with Crippen molar-refractivity contribution in [2.75, 3.05) is 19.0 Å². The van der Waals surface area contributed by atoms with Gasteiger partial charge in [-0.05, 0) is 54.9 Å². The Bertz CT molecular complexity index is 2030. The number of sulfonamides is 1. The lowest BCUT2D eigenvalue weighted by molar-refractivity contribution is -0.141. The van der Waals surface area contributed by atoms with Gasteiger partial charge < -0.3 is 29.7 Å². The molecule has 2 aromatic heterocycles. The van der Waals surface area contributed by atoms with E-state index in [-0.39, 0.29) is 37.1 Å². The van der Waals surface area contributed by atoms with E-state index >= 15 is 0 Å². The molecule has 1 aromatic carbocycles. The smallest absolute Gasteiger partial charge is 0.388 e. The number of hydrogen-bond acceptors (Lipinski definition) is 11. The van der Waals surface area contributed by atoms with Crippen molar-refractivity contribution in [2.24, 2.45) is 11.3 Å². The number of amides is 3. The molecule has 3 aliphatic rings. The Balaban J connectivity index is 1.30. The largest absolute Gasteiger partial charge is 0.494 e. The van der Waals surface area contributed by atoms with Crippen LogP contribution in [-0.2, 0) is 24.4 Å². The lowest BCUT2D eigenvalue weighted by Crippen LogP contribution is -2.58. The number of anilines is 1. The number of nitrogens with zero attached hydrogens (tertiary/aromatic N) is 3. The first kappa shape index (κ1) is 39.2. The van der Waals surface area contributed by atoms with Crippen molar-refractivity contribution in [3.05, 3.63) is 47.7 Å². The topological polar surface area (TPSA) is 178 Å². The maximum absolute atomic E-state index is 14.6. The summed E-state index contributed by atoms with van der Waals surface area (Å²) in [7, 11) is -2.39. The van der Waals surface area contributed by atoms with Crippen molar-refractivity contribution >= 4 is 55.8 Å². The van der Waals surface area contributed by atoms with E-state index in [1.807, 2.05) is 27.7 Å². The summed E-state index contributed by atoms with van der Waals surface area (Å²) >= 11 is 6.33. The number of hydrogen-bond donors (Lipinski definition) is 3. The van der Waals surface area contributed by atoms with Gasteiger partial charge in [0.25, 0.3) is 5.91 Å². The van der Waals surface area contributed by atoms with Crippen LogP contribution in [0.1, 0.15) is 59.8 Å². The van der Waals surface area contributed by atoms with Crippen LogP contribution in [-0.4, -0.2) is 90.2 Å². The number of rotatable bonds is 14. The van der Waals surface area contributed by atoms with Gasteiger partial charge in [-0.2, -0.15) is 8.78 Å². The van der Waals surface area contributed by atoms with E-state index < -0.39 is 68.7 Å². The number of nitrogens with one attached hydrogen (secondary N) is 3. The number of benzene rings is 1. The maximum Gasteiger partial charge on any atom is 0.388 e. The second-order valence-corrected chi connectivity index (χ2v) is 17.4. The van der Waals surface area contributed by atoms with Gasteiger partial charge >= 0.3 is 6.61 Å². The predicted octanol–water partition coefficient (Wildman–Crippen LogP) is 4.66. The molecule has 292 valence electrons. The van der Waals surface area contributed by atoms with Crippen LogP contribution in [0.5, 0.6) is 17.5 Å². The van der Waals surface area contributed by atoms with E-state index in [1.165, 1.54) is 36.5 Å². The summed E-state index contributed by atoms with van der Waals surface area (Å²) < 4.78 is 69.3. The van der Waals surface area contributed by atoms with Crippen LogP contribution in [0, 0.1) is 11.3 Å². The Morgan fingerprint density at radius 2 is 1.83 bits per heavy atom. The van der Waals surface area contributed by atoms with E-state index in [0.717, 1.165) is 0 Å². The number of carbonyl (C=O) groups is 3. The van der Waals surface area contributed by atoms with Crippen molar-refractivity contribution in [1.29, 1.82) is 0 Å². The van der Waals surface area contributed by atoms with E-state index in [2.05, 4.69) is 30.1 Å². The number of alkyl halides is 2. The zero-order valence-electron chi connectivity index (χ0n) is 30.4. The lowest BCUT2D eigenvalue weighted by Gasteiger charge is -2.36. The molecule has 3 aromatic rings. The van der Waals surface area contributed by atoms with Crippen LogP contribution in [0.2, 0.25) is 5.02 Å². The van der Waals surface area contributed by atoms with Gasteiger partial charge in [0, 0.05) is 28.3 Å². The van der Waals surface area contributed by atoms with Crippen molar-refractivity contribution in [3.63, 3.8) is 0 Å². The fraction of sp³-hybridized carbons (Fsp3) is 0.528. The quantitative estimate of drug-likeness (QED) is 0.207. The molecule has 0 bridgehead atoms. The molecule has 18 heteroatoms. The number of halogens is 3. The summed E-state index contributed by atoms with van der Waals surface area (Å²) in [5.41, 5.74) is -1.90. The molecule has 0 radical (unpaired) electrons. The fourth-order valence-electron chi connectivity index (χ4n) is 6.86. The third kappa shape index (κ3) is 8.26. The SMILES string of the molecule is CC[C@@H]1C[C@]1(NC(=O)[C@@H]1C[C@@H](Oc2ncc(OC)c3ccc(Cl)cc23)CN1C(=O)C(Nc1ccc(OC(F)F)nc1)C(C)(C)C)C(=O)NS(=O)(=O)C1CC1. The Morgan fingerprint density at radius 3 is 2.43 bits per heavy atom. The van der Waals surface area contributed by atoms with Crippen molar-refractivity contribution in [3.8, 4) is 17.5 Å². The number of likely N-dealkylation sites (tertiary alicyclic amines) is 1. The average Bonchev–Trinajstić information content (AvgIpc) is 4.04. The van der Waals surface area contributed by atoms with Gasteiger partial charge in [-0.1, -0.05) is 45.7 Å². The van der Waals surface area contributed by atoms with Crippen LogP contribution >= 0.6 is 11.6 Å². The van der Waals surface area contributed by atoms with Crippen molar-refractivity contribution in [2.45, 2.75) is 95.4 Å². The van der Waals surface area contributed by atoms with E-state index in [1.54, 1.807) is 18.2 Å². The average molecular weight is 793 g/mol. The fourth-order valence-corrected chi connectivity index (χ4v) is 8.39. The van der Waals surface area contributed by atoms with Crippen LogP contribution in [0.15, 0.2) is 42.7 Å². The Labute approximate surface area is 316 Å². The Hall–Kier alpha value is -4.51. The Kier molecular flexibility index (Phi) is 10.9. The molecule has 5 atom stereocenters. The van der Waals surface area contributed by atoms with E-state index in [4.69, 9.17) is 21.1 Å². The molecule has 3 fully saturated rings. The highest BCUT2D eigenvalue weighted by atomic mass is 35.5. The highest BCUT2D eigenvalue weighted by Crippen LogP contribution is 2.47. The van der Waals surface area contributed by atoms with Crippen LogP contribution < -0.4 is 29.6 Å². The highest BCUT2D eigenvalue weighted by molar-refractivity contribution is 7.91. The molecule has 1 unspecified atom stereocenters. The van der Waals surface area contributed by atoms with Gasteiger partial charge in [0.2, 0.25) is 33.6 Å². The molecule has 2 aliphatic carbocycles. The molecular formula is C36H43ClF2N6O8S. The lowest BCUT2D eigenvalue weighted by atomic mass is 9.85. The predicted molar refractivity (Wildman–Crippen MR) is 195 cm³/mol. The third-order valence-corrected chi connectivity index (χ3v) is 12.1. The van der Waals surface area contributed by atoms with Crippen LogP contribution in [0.25, 0.3) is 10.8 Å². The molecule has 0 spiro atoms. The molecule has 54 heavy (non-hydrogen) atoms. The highest BCUT2D eigenvalue weighted by Gasteiger charge is 2.62. The van der Waals surface area contributed by atoms with Gasteiger partial charge in [0.1, 0.15) is 29.5 Å². The molecule has 3 heterocycles.